The third-order valence-electron chi connectivity index (χ3n) is 2.62. The first-order valence-corrected chi connectivity index (χ1v) is 6.64. The molecule has 1 amide bonds. The molecule has 1 aromatic carbocycles. The minimum Gasteiger partial charge on any atom is -0.322 e. The fourth-order valence-corrected chi connectivity index (χ4v) is 2.03. The Hall–Kier alpha value is -1.43. The first-order chi connectivity index (χ1) is 8.58. The van der Waals surface area contributed by atoms with Gasteiger partial charge in [-0.15, -0.1) is 0 Å². The normalized spacial score (nSPS) is 10.2. The Labute approximate surface area is 120 Å². The lowest BCUT2D eigenvalue weighted by molar-refractivity contribution is 0.102. The van der Waals surface area contributed by atoms with Gasteiger partial charge in [0.1, 0.15) is 0 Å². The SMILES string of the molecule is Cc1cc(NC(=O)c2cccnc2)cc(C)c1I. The summed E-state index contributed by atoms with van der Waals surface area (Å²) in [6, 6.07) is 7.44. The predicted molar refractivity (Wildman–Crippen MR) is 80.8 cm³/mol. The Balaban J connectivity index is 2.23. The summed E-state index contributed by atoms with van der Waals surface area (Å²) in [5.74, 6) is -0.136. The summed E-state index contributed by atoms with van der Waals surface area (Å²) >= 11 is 2.31. The van der Waals surface area contributed by atoms with Gasteiger partial charge in [-0.2, -0.15) is 0 Å². The predicted octanol–water partition coefficient (Wildman–Crippen LogP) is 3.56. The van der Waals surface area contributed by atoms with Gasteiger partial charge in [0, 0.05) is 21.7 Å². The van der Waals surface area contributed by atoms with Gasteiger partial charge in [0.15, 0.2) is 0 Å². The third-order valence-corrected chi connectivity index (χ3v) is 4.32. The summed E-state index contributed by atoms with van der Waals surface area (Å²) in [6.07, 6.45) is 3.21. The topological polar surface area (TPSA) is 42.0 Å². The number of hydrogen-bond acceptors (Lipinski definition) is 2. The number of hydrogen-bond donors (Lipinski definition) is 1. The Kier molecular flexibility index (Phi) is 3.96. The van der Waals surface area contributed by atoms with Crippen molar-refractivity contribution in [2.75, 3.05) is 5.32 Å². The number of pyridine rings is 1. The van der Waals surface area contributed by atoms with E-state index in [0.717, 1.165) is 16.8 Å². The third kappa shape index (κ3) is 2.87. The van der Waals surface area contributed by atoms with Crippen LogP contribution < -0.4 is 5.32 Å². The Bertz CT molecular complexity index is 559. The molecule has 92 valence electrons. The highest BCUT2D eigenvalue weighted by Gasteiger charge is 2.07. The summed E-state index contributed by atoms with van der Waals surface area (Å²) in [6.45, 7) is 4.07. The van der Waals surface area contributed by atoms with Gasteiger partial charge in [0.25, 0.3) is 5.91 Å². The van der Waals surface area contributed by atoms with Gasteiger partial charge in [-0.1, -0.05) is 0 Å². The number of halogens is 1. The van der Waals surface area contributed by atoms with E-state index in [4.69, 9.17) is 0 Å². The lowest BCUT2D eigenvalue weighted by Gasteiger charge is -2.09. The van der Waals surface area contributed by atoms with E-state index in [1.54, 1.807) is 24.5 Å². The largest absolute Gasteiger partial charge is 0.322 e. The average Bonchev–Trinajstić information content (AvgIpc) is 2.37. The second-order valence-corrected chi connectivity index (χ2v) is 5.20. The zero-order valence-corrected chi connectivity index (χ0v) is 12.4. The smallest absolute Gasteiger partial charge is 0.257 e. The summed E-state index contributed by atoms with van der Waals surface area (Å²) in [4.78, 5) is 15.9. The standard InChI is InChI=1S/C14H13IN2O/c1-9-6-12(7-10(2)13(9)15)17-14(18)11-4-3-5-16-8-11/h3-8H,1-2H3,(H,17,18). The molecule has 0 bridgehead atoms. The van der Waals surface area contributed by atoms with E-state index in [2.05, 4.69) is 32.9 Å². The van der Waals surface area contributed by atoms with Crippen molar-refractivity contribution in [1.29, 1.82) is 0 Å². The number of benzene rings is 1. The highest BCUT2D eigenvalue weighted by molar-refractivity contribution is 14.1. The lowest BCUT2D eigenvalue weighted by Crippen LogP contribution is -2.12. The van der Waals surface area contributed by atoms with Crippen molar-refractivity contribution in [3.63, 3.8) is 0 Å². The molecule has 2 aromatic rings. The van der Waals surface area contributed by atoms with Crippen LogP contribution in [0, 0.1) is 17.4 Å². The summed E-state index contributed by atoms with van der Waals surface area (Å²) in [5.41, 5.74) is 3.71. The molecule has 1 N–H and O–H groups in total. The van der Waals surface area contributed by atoms with Crippen molar-refractivity contribution in [2.24, 2.45) is 0 Å². The van der Waals surface area contributed by atoms with Crippen molar-refractivity contribution in [2.45, 2.75) is 13.8 Å². The first-order valence-electron chi connectivity index (χ1n) is 5.56. The molecule has 18 heavy (non-hydrogen) atoms. The molecule has 0 aliphatic heterocycles. The Morgan fingerprint density at radius 1 is 1.28 bits per heavy atom. The molecule has 1 aromatic heterocycles. The van der Waals surface area contributed by atoms with Gasteiger partial charge >= 0.3 is 0 Å². The molecule has 0 unspecified atom stereocenters. The van der Waals surface area contributed by atoms with Crippen molar-refractivity contribution >= 4 is 34.2 Å². The van der Waals surface area contributed by atoms with Gasteiger partial charge in [-0.05, 0) is 71.8 Å². The minimum atomic E-state index is -0.136. The van der Waals surface area contributed by atoms with Gasteiger partial charge in [0.05, 0.1) is 5.56 Å². The Morgan fingerprint density at radius 3 is 2.50 bits per heavy atom. The molecule has 4 heteroatoms. The Morgan fingerprint density at radius 2 is 1.94 bits per heavy atom. The molecule has 2 rings (SSSR count). The highest BCUT2D eigenvalue weighted by Crippen LogP contribution is 2.21. The quantitative estimate of drug-likeness (QED) is 0.840. The zero-order chi connectivity index (χ0) is 13.1. The van der Waals surface area contributed by atoms with Gasteiger partial charge in [0.2, 0.25) is 0 Å². The van der Waals surface area contributed by atoms with Crippen LogP contribution in [0.4, 0.5) is 5.69 Å². The number of nitrogens with one attached hydrogen (secondary N) is 1. The fraction of sp³-hybridized carbons (Fsp3) is 0.143. The van der Waals surface area contributed by atoms with Crippen LogP contribution in [0.5, 0.6) is 0 Å². The summed E-state index contributed by atoms with van der Waals surface area (Å²) in [7, 11) is 0. The second kappa shape index (κ2) is 5.48. The number of carbonyl (C=O) groups excluding carboxylic acids is 1. The number of nitrogens with zero attached hydrogens (tertiary/aromatic N) is 1. The number of carbonyl (C=O) groups is 1. The molecule has 0 fully saturated rings. The maximum Gasteiger partial charge on any atom is 0.257 e. The summed E-state index contributed by atoms with van der Waals surface area (Å²) < 4.78 is 1.23. The van der Waals surface area contributed by atoms with E-state index in [0.29, 0.717) is 5.56 Å². The maximum absolute atomic E-state index is 12.0. The van der Waals surface area contributed by atoms with E-state index in [1.165, 1.54) is 3.57 Å². The van der Waals surface area contributed by atoms with Crippen LogP contribution in [0.15, 0.2) is 36.7 Å². The van der Waals surface area contributed by atoms with E-state index >= 15 is 0 Å². The number of anilines is 1. The molecule has 0 saturated carbocycles. The monoisotopic (exact) mass is 352 g/mol. The van der Waals surface area contributed by atoms with Crippen LogP contribution >= 0.6 is 22.6 Å². The zero-order valence-electron chi connectivity index (χ0n) is 10.2. The lowest BCUT2D eigenvalue weighted by atomic mass is 10.1. The molecule has 0 atom stereocenters. The molecular weight excluding hydrogens is 339 g/mol. The molecule has 3 nitrogen and oxygen atoms in total. The van der Waals surface area contributed by atoms with Gasteiger partial charge in [-0.3, -0.25) is 9.78 Å². The van der Waals surface area contributed by atoms with Crippen LogP contribution in [0.25, 0.3) is 0 Å². The van der Waals surface area contributed by atoms with Crippen LogP contribution in [-0.2, 0) is 0 Å². The van der Waals surface area contributed by atoms with Crippen molar-refractivity contribution < 1.29 is 4.79 Å². The second-order valence-electron chi connectivity index (χ2n) is 4.12. The molecular formula is C14H13IN2O. The number of aromatic nitrogens is 1. The summed E-state index contributed by atoms with van der Waals surface area (Å²) in [5, 5.41) is 2.88. The molecule has 1 heterocycles. The van der Waals surface area contributed by atoms with Crippen molar-refractivity contribution in [3.8, 4) is 0 Å². The van der Waals surface area contributed by atoms with E-state index in [1.807, 2.05) is 26.0 Å². The van der Waals surface area contributed by atoms with E-state index in [9.17, 15) is 4.79 Å². The van der Waals surface area contributed by atoms with Crippen LogP contribution in [0.1, 0.15) is 21.5 Å². The van der Waals surface area contributed by atoms with Crippen LogP contribution in [0.3, 0.4) is 0 Å². The molecule has 0 spiro atoms. The van der Waals surface area contributed by atoms with E-state index in [-0.39, 0.29) is 5.91 Å². The molecule has 0 aliphatic carbocycles. The van der Waals surface area contributed by atoms with Gasteiger partial charge < -0.3 is 5.32 Å². The fourth-order valence-electron chi connectivity index (χ4n) is 1.72. The highest BCUT2D eigenvalue weighted by atomic mass is 127. The molecule has 0 aliphatic rings. The number of amides is 1. The van der Waals surface area contributed by atoms with Crippen molar-refractivity contribution in [3.05, 3.63) is 56.9 Å². The van der Waals surface area contributed by atoms with Crippen molar-refractivity contribution in [1.82, 2.24) is 4.98 Å². The maximum atomic E-state index is 12.0. The van der Waals surface area contributed by atoms with Crippen LogP contribution in [-0.4, -0.2) is 10.9 Å². The van der Waals surface area contributed by atoms with Gasteiger partial charge in [-0.25, -0.2) is 0 Å². The molecule has 0 saturated heterocycles. The van der Waals surface area contributed by atoms with Crippen LogP contribution in [0.2, 0.25) is 0 Å². The molecule has 0 radical (unpaired) electrons. The minimum absolute atomic E-state index is 0.136. The first kappa shape index (κ1) is 13.0. The average molecular weight is 352 g/mol. The number of aryl methyl sites for hydroxylation is 2. The number of rotatable bonds is 2. The van der Waals surface area contributed by atoms with E-state index < -0.39 is 0 Å².